The Morgan fingerprint density at radius 2 is 1.77 bits per heavy atom. The van der Waals surface area contributed by atoms with Crippen LogP contribution in [0, 0.1) is 0 Å². The molecule has 0 aliphatic heterocycles. The fourth-order valence-electron chi connectivity index (χ4n) is 5.17. The van der Waals surface area contributed by atoms with Gasteiger partial charge in [-0.1, -0.05) is 35.9 Å². The van der Waals surface area contributed by atoms with Gasteiger partial charge in [0.15, 0.2) is 0 Å². The average Bonchev–Trinajstić information content (AvgIpc) is 2.92. The van der Waals surface area contributed by atoms with Gasteiger partial charge >= 0.3 is 12.1 Å². The molecule has 3 aromatic rings. The predicted molar refractivity (Wildman–Crippen MR) is 155 cm³/mol. The number of nitrogens with one attached hydrogen (secondary N) is 1. The van der Waals surface area contributed by atoms with Crippen LogP contribution < -0.4 is 10.9 Å². The van der Waals surface area contributed by atoms with Crippen LogP contribution in [0.15, 0.2) is 65.5 Å². The van der Waals surface area contributed by atoms with Gasteiger partial charge in [-0.05, 0) is 89.3 Å². The fourth-order valence-corrected chi connectivity index (χ4v) is 5.36. The molecule has 1 aromatic heterocycles. The molecule has 1 N–H and O–H groups in total. The van der Waals surface area contributed by atoms with Gasteiger partial charge in [-0.15, -0.1) is 0 Å². The molecule has 212 valence electrons. The van der Waals surface area contributed by atoms with E-state index in [2.05, 4.69) is 5.32 Å². The number of carbonyl (C=O) groups excluding carboxylic acids is 2. The van der Waals surface area contributed by atoms with E-state index >= 15 is 0 Å². The SMILES string of the molecule is CCOC(=O)c1ccc(-c2ccc(=O)n([C@H]3CC[C@@](CNC(=O)OC(C)(C)C)(c4cccc(Cl)c4)CC3)n2)cc1. The summed E-state index contributed by atoms with van der Waals surface area (Å²) in [5.74, 6) is -0.376. The van der Waals surface area contributed by atoms with Gasteiger partial charge in [-0.3, -0.25) is 4.79 Å². The molecule has 0 unspecified atom stereocenters. The zero-order valence-electron chi connectivity index (χ0n) is 23.4. The van der Waals surface area contributed by atoms with Crippen LogP contribution in [0.4, 0.5) is 4.79 Å². The number of rotatable bonds is 7. The van der Waals surface area contributed by atoms with E-state index in [4.69, 9.17) is 26.2 Å². The maximum Gasteiger partial charge on any atom is 0.407 e. The maximum atomic E-state index is 12.9. The Labute approximate surface area is 239 Å². The highest BCUT2D eigenvalue weighted by atomic mass is 35.5. The van der Waals surface area contributed by atoms with Crippen molar-refractivity contribution < 1.29 is 19.1 Å². The molecular weight excluding hydrogens is 530 g/mol. The van der Waals surface area contributed by atoms with Crippen molar-refractivity contribution in [1.29, 1.82) is 0 Å². The lowest BCUT2D eigenvalue weighted by atomic mass is 9.68. The van der Waals surface area contributed by atoms with Crippen molar-refractivity contribution in [2.45, 2.75) is 70.4 Å². The van der Waals surface area contributed by atoms with E-state index in [1.54, 1.807) is 41.9 Å². The highest BCUT2D eigenvalue weighted by Gasteiger charge is 2.39. The Kier molecular flexibility index (Phi) is 8.98. The number of hydrogen-bond donors (Lipinski definition) is 1. The summed E-state index contributed by atoms with van der Waals surface area (Å²) in [6.07, 6.45) is 2.37. The van der Waals surface area contributed by atoms with Crippen LogP contribution in [0.25, 0.3) is 11.3 Å². The van der Waals surface area contributed by atoms with Gasteiger partial charge in [0.25, 0.3) is 5.56 Å². The predicted octanol–water partition coefficient (Wildman–Crippen LogP) is 6.32. The number of amides is 1. The second-order valence-electron chi connectivity index (χ2n) is 11.2. The zero-order valence-corrected chi connectivity index (χ0v) is 24.2. The van der Waals surface area contributed by atoms with E-state index in [0.717, 1.165) is 24.0 Å². The van der Waals surface area contributed by atoms with E-state index in [1.165, 1.54) is 6.07 Å². The van der Waals surface area contributed by atoms with E-state index < -0.39 is 11.7 Å². The van der Waals surface area contributed by atoms with Gasteiger partial charge in [0, 0.05) is 28.6 Å². The zero-order chi connectivity index (χ0) is 28.9. The van der Waals surface area contributed by atoms with Gasteiger partial charge < -0.3 is 14.8 Å². The van der Waals surface area contributed by atoms with Crippen molar-refractivity contribution in [2.24, 2.45) is 0 Å². The number of aromatic nitrogens is 2. The van der Waals surface area contributed by atoms with Gasteiger partial charge in [0.1, 0.15) is 5.60 Å². The molecule has 1 aliphatic rings. The molecule has 0 atom stereocenters. The van der Waals surface area contributed by atoms with Crippen molar-refractivity contribution >= 4 is 23.7 Å². The maximum absolute atomic E-state index is 12.9. The minimum atomic E-state index is -0.595. The molecule has 9 heteroatoms. The first-order valence-corrected chi connectivity index (χ1v) is 14.0. The van der Waals surface area contributed by atoms with Crippen LogP contribution in [-0.2, 0) is 14.9 Å². The summed E-state index contributed by atoms with van der Waals surface area (Å²) in [6.45, 7) is 7.96. The second-order valence-corrected chi connectivity index (χ2v) is 11.6. The smallest absolute Gasteiger partial charge is 0.407 e. The minimum Gasteiger partial charge on any atom is -0.462 e. The second kappa shape index (κ2) is 12.3. The Bertz CT molecular complexity index is 1400. The Balaban J connectivity index is 1.54. The van der Waals surface area contributed by atoms with Crippen LogP contribution in [0.5, 0.6) is 0 Å². The molecule has 40 heavy (non-hydrogen) atoms. The van der Waals surface area contributed by atoms with Crippen LogP contribution in [-0.4, -0.2) is 40.6 Å². The molecule has 1 heterocycles. The highest BCUT2D eigenvalue weighted by Crippen LogP contribution is 2.43. The quantitative estimate of drug-likeness (QED) is 0.337. The number of halogens is 1. The lowest BCUT2D eigenvalue weighted by molar-refractivity contribution is 0.0500. The number of carbonyl (C=O) groups is 2. The van der Waals surface area contributed by atoms with E-state index in [1.807, 2.05) is 45.0 Å². The summed E-state index contributed by atoms with van der Waals surface area (Å²) in [5, 5.41) is 8.30. The summed E-state index contributed by atoms with van der Waals surface area (Å²) in [5.41, 5.74) is 1.83. The van der Waals surface area contributed by atoms with Crippen LogP contribution >= 0.6 is 11.6 Å². The molecule has 1 saturated carbocycles. The molecule has 1 fully saturated rings. The molecule has 0 radical (unpaired) electrons. The first-order chi connectivity index (χ1) is 19.0. The Morgan fingerprint density at radius 1 is 1.07 bits per heavy atom. The first-order valence-electron chi connectivity index (χ1n) is 13.6. The molecule has 4 rings (SSSR count). The molecule has 0 spiro atoms. The summed E-state index contributed by atoms with van der Waals surface area (Å²) in [7, 11) is 0. The highest BCUT2D eigenvalue weighted by molar-refractivity contribution is 6.30. The fraction of sp³-hybridized carbons (Fsp3) is 0.419. The van der Waals surface area contributed by atoms with Crippen molar-refractivity contribution in [3.8, 4) is 11.3 Å². The molecule has 1 amide bonds. The van der Waals surface area contributed by atoms with Crippen molar-refractivity contribution in [3.05, 3.63) is 87.2 Å². The third-order valence-corrected chi connectivity index (χ3v) is 7.42. The largest absolute Gasteiger partial charge is 0.462 e. The standard InChI is InChI=1S/C31H36ClN3O5/c1-5-39-28(37)22-11-9-21(10-12-22)26-13-14-27(36)35(34-26)25-15-17-31(18-16-25,23-7-6-8-24(32)19-23)20-33-29(38)40-30(2,3)4/h6-14,19,25H,5,15-18,20H2,1-4H3,(H,33,38)/t25-,31+. The normalized spacial score (nSPS) is 19.1. The Morgan fingerprint density at radius 3 is 2.40 bits per heavy atom. The van der Waals surface area contributed by atoms with Gasteiger partial charge in [-0.2, -0.15) is 5.10 Å². The van der Waals surface area contributed by atoms with E-state index in [-0.39, 0.29) is 23.0 Å². The number of nitrogens with zero attached hydrogens (tertiary/aromatic N) is 2. The number of esters is 1. The lowest BCUT2D eigenvalue weighted by Gasteiger charge is -2.41. The van der Waals surface area contributed by atoms with Crippen molar-refractivity contribution in [3.63, 3.8) is 0 Å². The van der Waals surface area contributed by atoms with Gasteiger partial charge in [0.05, 0.1) is 23.9 Å². The topological polar surface area (TPSA) is 99.5 Å². The third kappa shape index (κ3) is 7.10. The first kappa shape index (κ1) is 29.3. The lowest BCUT2D eigenvalue weighted by Crippen LogP contribution is -2.45. The number of benzene rings is 2. The molecule has 2 aromatic carbocycles. The molecule has 1 aliphatic carbocycles. The van der Waals surface area contributed by atoms with Crippen LogP contribution in [0.3, 0.4) is 0 Å². The third-order valence-electron chi connectivity index (χ3n) is 7.18. The van der Waals surface area contributed by atoms with Crippen LogP contribution in [0.2, 0.25) is 5.02 Å². The minimum absolute atomic E-state index is 0.0971. The van der Waals surface area contributed by atoms with Crippen LogP contribution in [0.1, 0.15) is 75.3 Å². The molecule has 0 bridgehead atoms. The summed E-state index contributed by atoms with van der Waals surface area (Å²) >= 11 is 6.35. The van der Waals surface area contributed by atoms with E-state index in [9.17, 15) is 14.4 Å². The van der Waals surface area contributed by atoms with E-state index in [0.29, 0.717) is 42.3 Å². The number of ether oxygens (including phenoxy) is 2. The van der Waals surface area contributed by atoms with Crippen molar-refractivity contribution in [1.82, 2.24) is 15.1 Å². The summed E-state index contributed by atoms with van der Waals surface area (Å²) in [6, 6.07) is 17.9. The van der Waals surface area contributed by atoms with Gasteiger partial charge in [-0.25, -0.2) is 14.3 Å². The van der Waals surface area contributed by atoms with Gasteiger partial charge in [0.2, 0.25) is 0 Å². The number of hydrogen-bond acceptors (Lipinski definition) is 6. The summed E-state index contributed by atoms with van der Waals surface area (Å²) in [4.78, 5) is 37.4. The molecular formula is C31H36ClN3O5. The average molecular weight is 566 g/mol. The molecule has 8 nitrogen and oxygen atoms in total. The van der Waals surface area contributed by atoms with Crippen molar-refractivity contribution in [2.75, 3.05) is 13.2 Å². The number of alkyl carbamates (subject to hydrolysis) is 1. The summed E-state index contributed by atoms with van der Waals surface area (Å²) < 4.78 is 12.1. The Hall–Kier alpha value is -3.65. The monoisotopic (exact) mass is 565 g/mol. The molecule has 0 saturated heterocycles.